The number of benzene rings is 2. The van der Waals surface area contributed by atoms with Gasteiger partial charge in [-0.2, -0.15) is 8.78 Å². The summed E-state index contributed by atoms with van der Waals surface area (Å²) in [5.74, 6) is -15.1. The smallest absolute Gasteiger partial charge is 0.349 e. The molecule has 2 aromatic carbocycles. The van der Waals surface area contributed by atoms with Crippen molar-refractivity contribution < 1.29 is 50.2 Å². The van der Waals surface area contributed by atoms with E-state index in [-0.39, 0.29) is 24.2 Å². The van der Waals surface area contributed by atoms with Crippen LogP contribution in [0.5, 0.6) is 11.5 Å². The Morgan fingerprint density at radius 1 is 0.912 bits per heavy atom. The fourth-order valence-electron chi connectivity index (χ4n) is 3.01. The van der Waals surface area contributed by atoms with Crippen molar-refractivity contribution in [3.05, 3.63) is 68.8 Å². The topological polar surface area (TPSA) is 92.0 Å². The number of aryl methyl sites for hydroxylation is 2. The molecule has 0 amide bonds. The largest absolute Gasteiger partial charge is 0.476 e. The van der Waals surface area contributed by atoms with Crippen molar-refractivity contribution in [3.63, 3.8) is 0 Å². The quantitative estimate of drug-likeness (QED) is 0.125. The van der Waals surface area contributed by atoms with Crippen molar-refractivity contribution >= 4 is 22.9 Å². The van der Waals surface area contributed by atoms with E-state index in [0.29, 0.717) is 16.5 Å². The number of halogens is 5. The minimum atomic E-state index is -2.38. The fraction of sp³-hybridized carbons (Fsp3) is 0.227. The maximum atomic E-state index is 13.7. The molecule has 0 radical (unpaired) electrons. The van der Waals surface area contributed by atoms with Crippen LogP contribution in [0.2, 0.25) is 0 Å². The summed E-state index contributed by atoms with van der Waals surface area (Å²) < 4.78 is 86.4. The molecule has 12 heteroatoms. The molecule has 3 rings (SSSR count). The number of fused-ring (bicyclic) bond motifs is 1. The molecule has 0 aliphatic rings. The van der Waals surface area contributed by atoms with Crippen LogP contribution in [0.25, 0.3) is 11.0 Å². The molecule has 0 fully saturated rings. The van der Waals surface area contributed by atoms with Gasteiger partial charge in [-0.05, 0) is 30.5 Å². The van der Waals surface area contributed by atoms with Gasteiger partial charge >= 0.3 is 17.6 Å². The number of carbonyl (C=O) groups excluding carboxylic acids is 2. The van der Waals surface area contributed by atoms with Gasteiger partial charge in [0, 0.05) is 23.9 Å². The zero-order valence-electron chi connectivity index (χ0n) is 17.6. The highest BCUT2D eigenvalue weighted by atomic mass is 19.2. The highest BCUT2D eigenvalue weighted by Gasteiger charge is 2.28. The van der Waals surface area contributed by atoms with Crippen LogP contribution in [0, 0.1) is 36.0 Å². The summed E-state index contributed by atoms with van der Waals surface area (Å²) in [6.07, 6.45) is -0.0776. The van der Waals surface area contributed by atoms with E-state index in [1.54, 1.807) is 6.92 Å². The number of carbonyl (C=O) groups is 2. The van der Waals surface area contributed by atoms with Gasteiger partial charge in [0.15, 0.2) is 12.4 Å². The third-order valence-corrected chi connectivity index (χ3v) is 4.69. The lowest BCUT2D eigenvalue weighted by molar-refractivity contribution is -0.140. The second-order valence-corrected chi connectivity index (χ2v) is 6.94. The summed E-state index contributed by atoms with van der Waals surface area (Å²) in [6, 6.07) is 3.92. The number of rotatable bonds is 7. The van der Waals surface area contributed by atoms with Crippen molar-refractivity contribution in [2.45, 2.75) is 19.8 Å². The van der Waals surface area contributed by atoms with E-state index < -0.39 is 59.0 Å². The van der Waals surface area contributed by atoms with Crippen LogP contribution in [0.4, 0.5) is 22.0 Å². The molecule has 0 atom stereocenters. The first kappa shape index (κ1) is 24.7. The summed E-state index contributed by atoms with van der Waals surface area (Å²) in [5.41, 5.74) is 0.201. The van der Waals surface area contributed by atoms with Crippen LogP contribution in [0.3, 0.4) is 0 Å². The Labute approximate surface area is 187 Å². The highest BCUT2D eigenvalue weighted by Crippen LogP contribution is 2.30. The molecular formula is C22H15F5O7. The Hall–Kier alpha value is -3.96. The van der Waals surface area contributed by atoms with Gasteiger partial charge in [0.25, 0.3) is 0 Å². The highest BCUT2D eigenvalue weighted by molar-refractivity contribution is 5.84. The normalized spacial score (nSPS) is 10.9. The third-order valence-electron chi connectivity index (χ3n) is 4.69. The van der Waals surface area contributed by atoms with E-state index in [1.165, 1.54) is 25.3 Å². The summed E-state index contributed by atoms with van der Waals surface area (Å²) in [5, 5.41) is 0.483. The summed E-state index contributed by atoms with van der Waals surface area (Å²) in [4.78, 5) is 35.4. The molecule has 0 aliphatic heterocycles. The van der Waals surface area contributed by atoms with Crippen molar-refractivity contribution in [2.75, 3.05) is 13.7 Å². The summed E-state index contributed by atoms with van der Waals surface area (Å²) in [7, 11) is 1.18. The lowest BCUT2D eigenvalue weighted by atomic mass is 10.0. The van der Waals surface area contributed by atoms with E-state index in [1.807, 2.05) is 0 Å². The zero-order chi connectivity index (χ0) is 25.2. The molecule has 3 aromatic rings. The van der Waals surface area contributed by atoms with Crippen molar-refractivity contribution in [1.29, 1.82) is 0 Å². The fourth-order valence-corrected chi connectivity index (χ4v) is 3.01. The molecule has 7 nitrogen and oxygen atoms in total. The van der Waals surface area contributed by atoms with E-state index in [9.17, 15) is 36.3 Å². The molecule has 1 aromatic heterocycles. The number of hydrogen-bond donors (Lipinski definition) is 0. The number of methoxy groups -OCH3 is 1. The van der Waals surface area contributed by atoms with Crippen LogP contribution in [0.1, 0.15) is 17.5 Å². The van der Waals surface area contributed by atoms with Gasteiger partial charge < -0.3 is 18.6 Å². The van der Waals surface area contributed by atoms with Crippen LogP contribution in [-0.2, 0) is 20.7 Å². The molecule has 1 heterocycles. The first-order valence-electron chi connectivity index (χ1n) is 9.52. The Bertz CT molecular complexity index is 1320. The van der Waals surface area contributed by atoms with E-state index in [0.717, 1.165) is 0 Å². The molecule has 34 heavy (non-hydrogen) atoms. The maximum Gasteiger partial charge on any atom is 0.349 e. The van der Waals surface area contributed by atoms with Gasteiger partial charge in [-0.1, -0.05) is 0 Å². The van der Waals surface area contributed by atoms with Gasteiger partial charge in [0.1, 0.15) is 11.3 Å². The van der Waals surface area contributed by atoms with Gasteiger partial charge in [0.2, 0.25) is 29.1 Å². The van der Waals surface area contributed by atoms with Crippen LogP contribution in [-0.4, -0.2) is 25.7 Å². The van der Waals surface area contributed by atoms with Gasteiger partial charge in [0.05, 0.1) is 7.11 Å². The average molecular weight is 486 g/mol. The predicted molar refractivity (Wildman–Crippen MR) is 105 cm³/mol. The summed E-state index contributed by atoms with van der Waals surface area (Å²) in [6.45, 7) is 0.400. The van der Waals surface area contributed by atoms with Crippen molar-refractivity contribution in [2.24, 2.45) is 0 Å². The molecule has 0 saturated carbocycles. The van der Waals surface area contributed by atoms with Crippen LogP contribution >= 0.6 is 0 Å². The van der Waals surface area contributed by atoms with Crippen LogP contribution < -0.4 is 15.1 Å². The SMILES string of the molecule is COC(=O)CCc1cc2c(C)cc(=O)oc2cc1OC(=O)COc1c(F)c(F)c(F)c(F)c1F. The molecule has 0 bridgehead atoms. The molecule has 0 unspecified atom stereocenters. The number of esters is 2. The third kappa shape index (κ3) is 5.00. The van der Waals surface area contributed by atoms with E-state index in [4.69, 9.17) is 9.15 Å². The first-order chi connectivity index (χ1) is 16.0. The first-order valence-corrected chi connectivity index (χ1v) is 9.52. The molecule has 180 valence electrons. The zero-order valence-corrected chi connectivity index (χ0v) is 17.6. The Balaban J connectivity index is 1.89. The predicted octanol–water partition coefficient (Wildman–Crippen LogP) is 3.89. The van der Waals surface area contributed by atoms with E-state index in [2.05, 4.69) is 9.47 Å². The minimum Gasteiger partial charge on any atom is -0.476 e. The Morgan fingerprint density at radius 2 is 1.53 bits per heavy atom. The Morgan fingerprint density at radius 3 is 2.15 bits per heavy atom. The second-order valence-electron chi connectivity index (χ2n) is 6.94. The van der Waals surface area contributed by atoms with Gasteiger partial charge in [-0.25, -0.2) is 22.8 Å². The molecule has 0 spiro atoms. The molecule has 0 aliphatic carbocycles. The molecule has 0 N–H and O–H groups in total. The summed E-state index contributed by atoms with van der Waals surface area (Å²) >= 11 is 0. The second kappa shape index (κ2) is 9.89. The molecule has 0 saturated heterocycles. The molecular weight excluding hydrogens is 471 g/mol. The van der Waals surface area contributed by atoms with Crippen molar-refractivity contribution in [3.8, 4) is 11.5 Å². The maximum absolute atomic E-state index is 13.7. The van der Waals surface area contributed by atoms with Crippen LogP contribution in [0.15, 0.2) is 27.4 Å². The number of ether oxygens (including phenoxy) is 3. The van der Waals surface area contributed by atoms with E-state index >= 15 is 0 Å². The average Bonchev–Trinajstić information content (AvgIpc) is 2.79. The lowest BCUT2D eigenvalue weighted by Crippen LogP contribution is -2.20. The number of hydrogen-bond acceptors (Lipinski definition) is 7. The standard InChI is InChI=1S/C22H15F5O7/c1-9-5-15(29)34-13-7-12(10(6-11(9)13)3-4-14(28)31-2)33-16(30)8-32-22-20(26)18(24)17(23)19(25)21(22)27/h5-7H,3-4,8H2,1-2H3. The Kier molecular flexibility index (Phi) is 7.18. The van der Waals surface area contributed by atoms with Gasteiger partial charge in [-0.3, -0.25) is 4.79 Å². The van der Waals surface area contributed by atoms with Crippen molar-refractivity contribution in [1.82, 2.24) is 0 Å². The minimum absolute atomic E-state index is 0.0301. The monoisotopic (exact) mass is 486 g/mol. The lowest BCUT2D eigenvalue weighted by Gasteiger charge is -2.13. The van der Waals surface area contributed by atoms with Gasteiger partial charge in [-0.15, -0.1) is 0 Å².